The van der Waals surface area contributed by atoms with Crippen LogP contribution in [0.1, 0.15) is 11.1 Å². The summed E-state index contributed by atoms with van der Waals surface area (Å²) in [6.45, 7) is -0.0630. The van der Waals surface area contributed by atoms with Crippen LogP contribution >= 0.6 is 11.6 Å². The van der Waals surface area contributed by atoms with Crippen molar-refractivity contribution in [2.45, 2.75) is 12.8 Å². The van der Waals surface area contributed by atoms with Crippen molar-refractivity contribution in [3.8, 4) is 0 Å². The molecule has 0 unspecified atom stereocenters. The molecule has 28 heavy (non-hydrogen) atoms. The molecule has 7 nitrogen and oxygen atoms in total. The first-order valence-corrected chi connectivity index (χ1v) is 9.27. The van der Waals surface area contributed by atoms with Gasteiger partial charge in [-0.1, -0.05) is 23.7 Å². The van der Waals surface area contributed by atoms with Crippen molar-refractivity contribution in [1.82, 2.24) is 9.97 Å². The average Bonchev–Trinajstić information content (AvgIpc) is 2.70. The maximum Gasteiger partial charge on any atom is 0.238 e. The number of carbonyl (C=O) groups is 1. The van der Waals surface area contributed by atoms with E-state index in [-0.39, 0.29) is 12.5 Å². The molecule has 1 aromatic heterocycles. The Kier molecular flexibility index (Phi) is 5.10. The molecule has 1 aliphatic rings. The number of hydrogen-bond acceptors (Lipinski definition) is 6. The number of nitrogens with two attached hydrogens (primary N) is 1. The Morgan fingerprint density at radius 2 is 2.00 bits per heavy atom. The fourth-order valence-electron chi connectivity index (χ4n) is 3.07. The number of anilines is 5. The van der Waals surface area contributed by atoms with E-state index in [1.807, 2.05) is 30.3 Å². The van der Waals surface area contributed by atoms with E-state index in [0.29, 0.717) is 16.8 Å². The van der Waals surface area contributed by atoms with Crippen molar-refractivity contribution in [2.24, 2.45) is 5.73 Å². The summed E-state index contributed by atoms with van der Waals surface area (Å²) in [4.78, 5) is 20.5. The largest absolute Gasteiger partial charge is 0.339 e. The van der Waals surface area contributed by atoms with E-state index in [4.69, 9.17) is 17.3 Å². The maximum atomic E-state index is 11.8. The van der Waals surface area contributed by atoms with Crippen LogP contribution in [0.25, 0.3) is 0 Å². The lowest BCUT2D eigenvalue weighted by molar-refractivity contribution is -0.114. The second kappa shape index (κ2) is 7.84. The fraction of sp³-hybridized carbons (Fsp3) is 0.150. The van der Waals surface area contributed by atoms with Gasteiger partial charge in [-0.15, -0.1) is 0 Å². The third kappa shape index (κ3) is 4.05. The molecule has 0 spiro atoms. The highest BCUT2D eigenvalue weighted by Gasteiger charge is 2.12. The Bertz CT molecular complexity index is 1040. The molecule has 2 aromatic carbocycles. The Labute approximate surface area is 167 Å². The molecule has 6 bridgehead atoms. The number of fused-ring (bicyclic) bond motifs is 6. The third-order valence-corrected chi connectivity index (χ3v) is 4.71. The van der Waals surface area contributed by atoms with Crippen LogP contribution in [0.5, 0.6) is 0 Å². The standard InChI is InChI=1S/C20H19ClN6O/c21-16-11-23-20-25-14-3-1-2-12(8-14)4-5-13-9-15(24-19(16)27-20)6-7-17(13)26-18(28)10-22/h1-3,6-9,11H,4-5,10,22H2,(H,26,28)(H2,23,24,25,27). The molecule has 1 aliphatic heterocycles. The van der Waals surface area contributed by atoms with Gasteiger partial charge < -0.3 is 21.7 Å². The van der Waals surface area contributed by atoms with Crippen LogP contribution in [-0.4, -0.2) is 22.4 Å². The van der Waals surface area contributed by atoms with E-state index in [9.17, 15) is 4.79 Å². The molecule has 0 saturated carbocycles. The number of aromatic nitrogens is 2. The normalized spacial score (nSPS) is 12.5. The number of rotatable bonds is 2. The van der Waals surface area contributed by atoms with Crippen LogP contribution in [0.4, 0.5) is 28.8 Å². The quantitative estimate of drug-likeness (QED) is 0.529. The van der Waals surface area contributed by atoms with Gasteiger partial charge in [0.25, 0.3) is 0 Å². The van der Waals surface area contributed by atoms with Gasteiger partial charge in [0.2, 0.25) is 11.9 Å². The molecule has 1 amide bonds. The van der Waals surface area contributed by atoms with Crippen LogP contribution < -0.4 is 21.7 Å². The summed E-state index contributed by atoms with van der Waals surface area (Å²) >= 11 is 6.27. The van der Waals surface area contributed by atoms with E-state index in [1.165, 1.54) is 0 Å². The fourth-order valence-corrected chi connectivity index (χ4v) is 3.20. The van der Waals surface area contributed by atoms with Gasteiger partial charge in [-0.3, -0.25) is 4.79 Å². The predicted molar refractivity (Wildman–Crippen MR) is 112 cm³/mol. The molecular formula is C20H19ClN6O. The molecule has 0 saturated heterocycles. The van der Waals surface area contributed by atoms with Crippen molar-refractivity contribution >= 4 is 46.3 Å². The number of nitrogens with zero attached hydrogens (tertiary/aromatic N) is 2. The van der Waals surface area contributed by atoms with Crippen LogP contribution in [0.15, 0.2) is 48.7 Å². The van der Waals surface area contributed by atoms with Gasteiger partial charge in [0.05, 0.1) is 12.7 Å². The number of carbonyl (C=O) groups excluding carboxylic acids is 1. The lowest BCUT2D eigenvalue weighted by Gasteiger charge is -2.14. The predicted octanol–water partition coefficient (Wildman–Crippen LogP) is 3.61. The zero-order chi connectivity index (χ0) is 19.5. The summed E-state index contributed by atoms with van der Waals surface area (Å²) in [5, 5.41) is 9.72. The second-order valence-electron chi connectivity index (χ2n) is 6.46. The molecule has 0 aliphatic carbocycles. The van der Waals surface area contributed by atoms with E-state index in [2.05, 4.69) is 38.1 Å². The zero-order valence-corrected chi connectivity index (χ0v) is 15.8. The lowest BCUT2D eigenvalue weighted by atomic mass is 10.0. The van der Waals surface area contributed by atoms with Gasteiger partial charge in [-0.25, -0.2) is 4.98 Å². The number of aryl methyl sites for hydroxylation is 2. The minimum atomic E-state index is -0.227. The molecule has 0 fully saturated rings. The summed E-state index contributed by atoms with van der Waals surface area (Å²) < 4.78 is 0. The van der Waals surface area contributed by atoms with Gasteiger partial charge >= 0.3 is 0 Å². The average molecular weight is 395 g/mol. The molecule has 8 heteroatoms. The SMILES string of the molecule is NCC(=O)Nc1ccc2cc1CCc1cccc(c1)Nc1ncc(Cl)c(n1)N2. The highest BCUT2D eigenvalue weighted by atomic mass is 35.5. The summed E-state index contributed by atoms with van der Waals surface area (Å²) in [7, 11) is 0. The van der Waals surface area contributed by atoms with Crippen LogP contribution in [0.3, 0.4) is 0 Å². The summed E-state index contributed by atoms with van der Waals surface area (Å²) in [6.07, 6.45) is 3.11. The number of amides is 1. The number of halogens is 1. The Hall–Kier alpha value is -3.16. The zero-order valence-electron chi connectivity index (χ0n) is 15.0. The first-order chi connectivity index (χ1) is 13.6. The van der Waals surface area contributed by atoms with E-state index >= 15 is 0 Å². The summed E-state index contributed by atoms with van der Waals surface area (Å²) in [5.41, 5.74) is 10.1. The molecule has 5 N–H and O–H groups in total. The van der Waals surface area contributed by atoms with Gasteiger partial charge in [0.1, 0.15) is 5.02 Å². The summed E-state index contributed by atoms with van der Waals surface area (Å²) in [6, 6.07) is 13.8. The highest BCUT2D eigenvalue weighted by Crippen LogP contribution is 2.29. The minimum absolute atomic E-state index is 0.0630. The second-order valence-corrected chi connectivity index (χ2v) is 6.87. The van der Waals surface area contributed by atoms with Gasteiger partial charge in [-0.2, -0.15) is 4.98 Å². The first-order valence-electron chi connectivity index (χ1n) is 8.89. The summed E-state index contributed by atoms with van der Waals surface area (Å²) in [5.74, 6) is 0.726. The lowest BCUT2D eigenvalue weighted by Crippen LogP contribution is -2.22. The van der Waals surface area contributed by atoms with E-state index < -0.39 is 0 Å². The monoisotopic (exact) mass is 394 g/mol. The van der Waals surface area contributed by atoms with Gasteiger partial charge in [-0.05, 0) is 54.3 Å². The molecule has 4 rings (SSSR count). The van der Waals surface area contributed by atoms with Crippen molar-refractivity contribution in [3.63, 3.8) is 0 Å². The Balaban J connectivity index is 1.79. The Morgan fingerprint density at radius 3 is 2.86 bits per heavy atom. The van der Waals surface area contributed by atoms with Gasteiger partial charge in [0, 0.05) is 17.1 Å². The maximum absolute atomic E-state index is 11.8. The molecule has 0 radical (unpaired) electrons. The molecular weight excluding hydrogens is 376 g/mol. The van der Waals surface area contributed by atoms with E-state index in [0.717, 1.165) is 41.0 Å². The minimum Gasteiger partial charge on any atom is -0.339 e. The number of hydrogen-bond donors (Lipinski definition) is 4. The molecule has 3 aromatic rings. The van der Waals surface area contributed by atoms with Crippen molar-refractivity contribution in [3.05, 3.63) is 64.8 Å². The topological polar surface area (TPSA) is 105 Å². The number of benzene rings is 2. The molecule has 0 atom stereocenters. The molecule has 142 valence electrons. The van der Waals surface area contributed by atoms with Crippen LogP contribution in [0.2, 0.25) is 5.02 Å². The van der Waals surface area contributed by atoms with Crippen molar-refractivity contribution in [2.75, 3.05) is 22.5 Å². The highest BCUT2D eigenvalue weighted by molar-refractivity contribution is 6.32. The molecule has 2 heterocycles. The van der Waals surface area contributed by atoms with Crippen molar-refractivity contribution in [1.29, 1.82) is 0 Å². The van der Waals surface area contributed by atoms with E-state index in [1.54, 1.807) is 6.20 Å². The van der Waals surface area contributed by atoms with Crippen LogP contribution in [-0.2, 0) is 17.6 Å². The van der Waals surface area contributed by atoms with Crippen LogP contribution in [0, 0.1) is 0 Å². The Morgan fingerprint density at radius 1 is 1.14 bits per heavy atom. The number of nitrogens with one attached hydrogen (secondary N) is 3. The van der Waals surface area contributed by atoms with Gasteiger partial charge in [0.15, 0.2) is 5.82 Å². The van der Waals surface area contributed by atoms with Crippen molar-refractivity contribution < 1.29 is 4.79 Å². The first kappa shape index (κ1) is 18.2. The smallest absolute Gasteiger partial charge is 0.238 e. The third-order valence-electron chi connectivity index (χ3n) is 4.44.